The number of hydrogen-bond acceptors (Lipinski definition) is 4. The Morgan fingerprint density at radius 2 is 2.04 bits per heavy atom. The Hall–Kier alpha value is -2.15. The number of amides is 2. The van der Waals surface area contributed by atoms with Crippen LogP contribution in [0.4, 0.5) is 0 Å². The van der Waals surface area contributed by atoms with Crippen molar-refractivity contribution >= 4 is 38.7 Å². The molecule has 1 aliphatic rings. The fourth-order valence-electron chi connectivity index (χ4n) is 3.00. The summed E-state index contributed by atoms with van der Waals surface area (Å²) in [5, 5.41) is 0.405. The SMILES string of the molecule is C[C@@H]1CC[C@H](C(N)=O)CN1C(=O)c1cc(=O)c2cc(Br)ccc2o1. The number of nitrogens with two attached hydrogens (primary N) is 1. The third kappa shape index (κ3) is 3.08. The van der Waals surface area contributed by atoms with E-state index >= 15 is 0 Å². The number of nitrogens with zero attached hydrogens (tertiary/aromatic N) is 1. The molecule has 1 fully saturated rings. The molecule has 0 saturated carbocycles. The van der Waals surface area contributed by atoms with Gasteiger partial charge in [-0.1, -0.05) is 15.9 Å². The topological polar surface area (TPSA) is 93.6 Å². The zero-order valence-electron chi connectivity index (χ0n) is 13.1. The number of carbonyl (C=O) groups is 2. The Labute approximate surface area is 146 Å². The summed E-state index contributed by atoms with van der Waals surface area (Å²) < 4.78 is 6.39. The minimum absolute atomic E-state index is 0.0215. The van der Waals surface area contributed by atoms with E-state index in [9.17, 15) is 14.4 Å². The molecule has 1 aromatic heterocycles. The van der Waals surface area contributed by atoms with Gasteiger partial charge in [-0.25, -0.2) is 0 Å². The van der Waals surface area contributed by atoms with Gasteiger partial charge in [0.05, 0.1) is 11.3 Å². The Morgan fingerprint density at radius 3 is 2.75 bits per heavy atom. The largest absolute Gasteiger partial charge is 0.451 e. The molecule has 1 aliphatic heterocycles. The van der Waals surface area contributed by atoms with Crippen molar-refractivity contribution in [1.29, 1.82) is 0 Å². The van der Waals surface area contributed by atoms with Crippen LogP contribution in [-0.2, 0) is 4.79 Å². The highest BCUT2D eigenvalue weighted by Crippen LogP contribution is 2.24. The smallest absolute Gasteiger partial charge is 0.289 e. The monoisotopic (exact) mass is 392 g/mol. The molecule has 2 aromatic rings. The molecule has 2 heterocycles. The van der Waals surface area contributed by atoms with Crippen molar-refractivity contribution in [2.75, 3.05) is 6.54 Å². The van der Waals surface area contributed by atoms with E-state index in [1.165, 1.54) is 6.07 Å². The summed E-state index contributed by atoms with van der Waals surface area (Å²) in [6.07, 6.45) is 1.35. The van der Waals surface area contributed by atoms with Crippen LogP contribution in [0.2, 0.25) is 0 Å². The highest BCUT2D eigenvalue weighted by Gasteiger charge is 2.33. The molecule has 1 aromatic carbocycles. The van der Waals surface area contributed by atoms with Gasteiger partial charge in [0.2, 0.25) is 5.91 Å². The summed E-state index contributed by atoms with van der Waals surface area (Å²) in [6.45, 7) is 2.16. The molecule has 0 radical (unpaired) electrons. The standard InChI is InChI=1S/C17H17BrN2O4/c1-9-2-3-10(16(19)22)8-20(9)17(23)15-7-13(21)12-6-11(18)4-5-14(12)24-15/h4-7,9-10H,2-3,8H2,1H3,(H2,19,22)/t9-,10+/m1/s1. The lowest BCUT2D eigenvalue weighted by Gasteiger charge is -2.36. The lowest BCUT2D eigenvalue weighted by atomic mass is 9.92. The molecule has 0 unspecified atom stereocenters. The summed E-state index contributed by atoms with van der Waals surface area (Å²) in [5.41, 5.74) is 5.44. The number of piperidine rings is 1. The molecule has 2 atom stereocenters. The van der Waals surface area contributed by atoms with Gasteiger partial charge in [0, 0.05) is 23.1 Å². The van der Waals surface area contributed by atoms with E-state index in [-0.39, 0.29) is 29.7 Å². The number of hydrogen-bond donors (Lipinski definition) is 1. The maximum Gasteiger partial charge on any atom is 0.289 e. The molecule has 3 rings (SSSR count). The van der Waals surface area contributed by atoms with Crippen LogP contribution in [0.15, 0.2) is 37.9 Å². The Kier molecular flexibility index (Phi) is 4.45. The molecule has 0 bridgehead atoms. The average molecular weight is 393 g/mol. The molecule has 2 amide bonds. The van der Waals surface area contributed by atoms with Crippen molar-refractivity contribution in [3.05, 3.63) is 44.7 Å². The van der Waals surface area contributed by atoms with Crippen molar-refractivity contribution < 1.29 is 14.0 Å². The van der Waals surface area contributed by atoms with Crippen molar-refractivity contribution in [2.24, 2.45) is 11.7 Å². The summed E-state index contributed by atoms with van der Waals surface area (Å²) in [7, 11) is 0. The molecule has 126 valence electrons. The first-order valence-corrected chi connectivity index (χ1v) is 8.50. The van der Waals surface area contributed by atoms with Crippen LogP contribution in [0, 0.1) is 5.92 Å². The van der Waals surface area contributed by atoms with Crippen molar-refractivity contribution in [2.45, 2.75) is 25.8 Å². The lowest BCUT2D eigenvalue weighted by molar-refractivity contribution is -0.123. The maximum atomic E-state index is 12.8. The number of carbonyl (C=O) groups excluding carboxylic acids is 2. The van der Waals surface area contributed by atoms with E-state index in [0.29, 0.717) is 23.8 Å². The molecule has 1 saturated heterocycles. The average Bonchev–Trinajstić information content (AvgIpc) is 2.55. The van der Waals surface area contributed by atoms with Gasteiger partial charge >= 0.3 is 0 Å². The number of benzene rings is 1. The van der Waals surface area contributed by atoms with Gasteiger partial charge < -0.3 is 15.1 Å². The first kappa shape index (κ1) is 16.7. The number of fused-ring (bicyclic) bond motifs is 1. The second-order valence-electron chi connectivity index (χ2n) is 6.10. The van der Waals surface area contributed by atoms with Crippen LogP contribution >= 0.6 is 15.9 Å². The normalized spacial score (nSPS) is 21.0. The third-order valence-electron chi connectivity index (χ3n) is 4.45. The molecular formula is C17H17BrN2O4. The van der Waals surface area contributed by atoms with Gasteiger partial charge in [-0.05, 0) is 38.0 Å². The second-order valence-corrected chi connectivity index (χ2v) is 7.01. The molecule has 7 heteroatoms. The fourth-order valence-corrected chi connectivity index (χ4v) is 3.36. The molecular weight excluding hydrogens is 376 g/mol. The zero-order valence-corrected chi connectivity index (χ0v) is 14.7. The number of likely N-dealkylation sites (tertiary alicyclic amines) is 1. The Morgan fingerprint density at radius 1 is 1.29 bits per heavy atom. The highest BCUT2D eigenvalue weighted by molar-refractivity contribution is 9.10. The molecule has 24 heavy (non-hydrogen) atoms. The van der Waals surface area contributed by atoms with Crippen LogP contribution in [0.3, 0.4) is 0 Å². The summed E-state index contributed by atoms with van der Waals surface area (Å²) in [6, 6.07) is 6.20. The summed E-state index contributed by atoms with van der Waals surface area (Å²) in [4.78, 5) is 38.0. The van der Waals surface area contributed by atoms with Gasteiger partial charge in [-0.15, -0.1) is 0 Å². The minimum Gasteiger partial charge on any atom is -0.451 e. The number of primary amides is 1. The quantitative estimate of drug-likeness (QED) is 0.847. The molecule has 0 aliphatic carbocycles. The van der Waals surface area contributed by atoms with Crippen LogP contribution in [-0.4, -0.2) is 29.3 Å². The van der Waals surface area contributed by atoms with Crippen molar-refractivity contribution in [3.63, 3.8) is 0 Å². The Bertz CT molecular complexity index is 877. The van der Waals surface area contributed by atoms with Crippen LogP contribution in [0.25, 0.3) is 11.0 Å². The van der Waals surface area contributed by atoms with Crippen molar-refractivity contribution in [1.82, 2.24) is 4.90 Å². The highest BCUT2D eigenvalue weighted by atomic mass is 79.9. The van der Waals surface area contributed by atoms with E-state index in [4.69, 9.17) is 10.2 Å². The van der Waals surface area contributed by atoms with Crippen molar-refractivity contribution in [3.8, 4) is 0 Å². The van der Waals surface area contributed by atoms with Gasteiger partial charge in [-0.3, -0.25) is 14.4 Å². The lowest BCUT2D eigenvalue weighted by Crippen LogP contribution is -2.48. The van der Waals surface area contributed by atoms with Gasteiger partial charge in [0.25, 0.3) is 5.91 Å². The van der Waals surface area contributed by atoms with Gasteiger partial charge in [0.1, 0.15) is 5.58 Å². The molecule has 0 spiro atoms. The van der Waals surface area contributed by atoms with Crippen LogP contribution in [0.5, 0.6) is 0 Å². The zero-order chi connectivity index (χ0) is 17.4. The number of rotatable bonds is 2. The third-order valence-corrected chi connectivity index (χ3v) is 4.94. The van der Waals surface area contributed by atoms with E-state index in [0.717, 1.165) is 4.47 Å². The predicted molar refractivity (Wildman–Crippen MR) is 92.6 cm³/mol. The maximum absolute atomic E-state index is 12.8. The van der Waals surface area contributed by atoms with E-state index in [1.807, 2.05) is 6.92 Å². The van der Waals surface area contributed by atoms with Crippen LogP contribution < -0.4 is 11.2 Å². The van der Waals surface area contributed by atoms with E-state index in [1.54, 1.807) is 23.1 Å². The predicted octanol–water partition coefficient (Wildman–Crippen LogP) is 2.28. The van der Waals surface area contributed by atoms with E-state index < -0.39 is 11.8 Å². The van der Waals surface area contributed by atoms with E-state index in [2.05, 4.69) is 15.9 Å². The minimum atomic E-state index is -0.412. The summed E-state index contributed by atoms with van der Waals surface area (Å²) in [5.74, 6) is -1.19. The Balaban J connectivity index is 1.97. The number of halogens is 1. The molecule has 2 N–H and O–H groups in total. The van der Waals surface area contributed by atoms with Crippen LogP contribution in [0.1, 0.15) is 30.3 Å². The first-order valence-electron chi connectivity index (χ1n) is 7.70. The molecule has 6 nitrogen and oxygen atoms in total. The van der Waals surface area contributed by atoms with Gasteiger partial charge in [0.15, 0.2) is 11.2 Å². The first-order chi connectivity index (χ1) is 11.4. The summed E-state index contributed by atoms with van der Waals surface area (Å²) >= 11 is 3.31. The van der Waals surface area contributed by atoms with Gasteiger partial charge in [-0.2, -0.15) is 0 Å². The second kappa shape index (κ2) is 6.39. The fraction of sp³-hybridized carbons (Fsp3) is 0.353.